The molecule has 7 nitrogen and oxygen atoms in total. The third-order valence-electron chi connectivity index (χ3n) is 4.33. The molecule has 0 saturated heterocycles. The van der Waals surface area contributed by atoms with Gasteiger partial charge in [-0.15, -0.1) is 10.2 Å². The Hall–Kier alpha value is -2.27. The van der Waals surface area contributed by atoms with Crippen molar-refractivity contribution < 1.29 is 14.3 Å². The first-order valence-corrected chi connectivity index (χ1v) is 12.0. The maximum absolute atomic E-state index is 12.3. The average Bonchev–Trinajstić information content (AvgIpc) is 3.15. The van der Waals surface area contributed by atoms with Crippen molar-refractivity contribution in [3.05, 3.63) is 57.4 Å². The van der Waals surface area contributed by atoms with Gasteiger partial charge in [0, 0.05) is 15.8 Å². The number of aryl methyl sites for hydroxylation is 1. The van der Waals surface area contributed by atoms with E-state index in [4.69, 9.17) is 9.47 Å². The lowest BCUT2D eigenvalue weighted by Gasteiger charge is -2.13. The zero-order chi connectivity index (χ0) is 22.2. The van der Waals surface area contributed by atoms with Crippen LogP contribution in [0.4, 0.5) is 5.69 Å². The highest BCUT2D eigenvalue weighted by atomic mass is 127. The number of thioether (sulfide) groups is 1. The van der Waals surface area contributed by atoms with Gasteiger partial charge in [0.25, 0.3) is 0 Å². The van der Waals surface area contributed by atoms with Crippen molar-refractivity contribution in [1.29, 1.82) is 0 Å². The third-order valence-corrected chi connectivity index (χ3v) is 6.01. The molecule has 1 aromatic heterocycles. The first-order valence-electron chi connectivity index (χ1n) is 9.96. The molecule has 0 aliphatic carbocycles. The Morgan fingerprint density at radius 3 is 2.58 bits per heavy atom. The zero-order valence-corrected chi connectivity index (χ0v) is 20.7. The number of hydrogen-bond acceptors (Lipinski definition) is 6. The lowest BCUT2D eigenvalue weighted by molar-refractivity contribution is -0.113. The summed E-state index contributed by atoms with van der Waals surface area (Å²) in [5.41, 5.74) is 1.88. The van der Waals surface area contributed by atoms with E-state index in [1.807, 2.05) is 67.8 Å². The fourth-order valence-electron chi connectivity index (χ4n) is 2.86. The van der Waals surface area contributed by atoms with Gasteiger partial charge in [-0.05, 0) is 85.3 Å². The number of ether oxygens (including phenoxy) is 2. The number of nitrogens with zero attached hydrogens (tertiary/aromatic N) is 3. The maximum atomic E-state index is 12.3. The summed E-state index contributed by atoms with van der Waals surface area (Å²) in [6.07, 6.45) is 0. The van der Waals surface area contributed by atoms with Crippen molar-refractivity contribution in [2.45, 2.75) is 39.1 Å². The Bertz CT molecular complexity index is 1020. The highest BCUT2D eigenvalue weighted by Gasteiger charge is 2.15. The van der Waals surface area contributed by atoms with E-state index in [-0.39, 0.29) is 18.3 Å². The van der Waals surface area contributed by atoms with Gasteiger partial charge in [0.2, 0.25) is 5.91 Å². The normalized spacial score (nSPS) is 10.7. The first kappa shape index (κ1) is 23.4. The number of anilines is 1. The predicted octanol–water partition coefficient (Wildman–Crippen LogP) is 4.92. The minimum atomic E-state index is -0.0873. The van der Waals surface area contributed by atoms with Gasteiger partial charge >= 0.3 is 0 Å². The van der Waals surface area contributed by atoms with Crippen LogP contribution >= 0.6 is 34.4 Å². The molecule has 1 heterocycles. The Kier molecular flexibility index (Phi) is 8.59. The first-order chi connectivity index (χ1) is 15.0. The lowest BCUT2D eigenvalue weighted by atomic mass is 10.2. The number of aromatic nitrogens is 3. The van der Waals surface area contributed by atoms with Crippen molar-refractivity contribution in [3.63, 3.8) is 0 Å². The fourth-order valence-corrected chi connectivity index (χ4v) is 4.04. The molecule has 0 unspecified atom stereocenters. The van der Waals surface area contributed by atoms with E-state index >= 15 is 0 Å². The predicted molar refractivity (Wildman–Crippen MR) is 131 cm³/mol. The summed E-state index contributed by atoms with van der Waals surface area (Å²) in [6, 6.07) is 13.5. The van der Waals surface area contributed by atoms with Gasteiger partial charge in [-0.3, -0.25) is 4.79 Å². The topological polar surface area (TPSA) is 78.3 Å². The molecule has 0 atom stereocenters. The van der Waals surface area contributed by atoms with Gasteiger partial charge in [0.1, 0.15) is 6.61 Å². The van der Waals surface area contributed by atoms with Gasteiger partial charge in [-0.25, -0.2) is 0 Å². The van der Waals surface area contributed by atoms with E-state index < -0.39 is 0 Å². The van der Waals surface area contributed by atoms with Gasteiger partial charge < -0.3 is 19.4 Å². The van der Waals surface area contributed by atoms with E-state index in [2.05, 4.69) is 38.1 Å². The van der Waals surface area contributed by atoms with Crippen LogP contribution in [0.3, 0.4) is 0 Å². The number of amides is 1. The number of carbonyl (C=O) groups excluding carboxylic acids is 1. The van der Waals surface area contributed by atoms with E-state index in [9.17, 15) is 4.79 Å². The second kappa shape index (κ2) is 11.4. The quantitative estimate of drug-likeness (QED) is 0.284. The van der Waals surface area contributed by atoms with Crippen molar-refractivity contribution in [2.75, 3.05) is 17.7 Å². The summed E-state index contributed by atoms with van der Waals surface area (Å²) >= 11 is 3.58. The van der Waals surface area contributed by atoms with E-state index in [1.165, 1.54) is 11.8 Å². The van der Waals surface area contributed by atoms with Crippen LogP contribution in [0.5, 0.6) is 11.5 Å². The molecule has 1 N–H and O–H groups in total. The molecular formula is C22H25IN4O3S. The summed E-state index contributed by atoms with van der Waals surface area (Å²) < 4.78 is 14.7. The van der Waals surface area contributed by atoms with Crippen LogP contribution < -0.4 is 14.8 Å². The molecule has 0 saturated carbocycles. The number of carbonyl (C=O) groups is 1. The molecule has 2 aromatic carbocycles. The molecule has 31 heavy (non-hydrogen) atoms. The molecule has 3 rings (SSSR count). The minimum Gasteiger partial charge on any atom is -0.490 e. The number of rotatable bonds is 10. The van der Waals surface area contributed by atoms with E-state index in [0.29, 0.717) is 35.6 Å². The highest BCUT2D eigenvalue weighted by molar-refractivity contribution is 14.1. The fraction of sp³-hybridized carbons (Fsp3) is 0.318. The molecule has 0 aliphatic rings. The highest BCUT2D eigenvalue weighted by Crippen LogP contribution is 2.29. The van der Waals surface area contributed by atoms with Crippen LogP contribution in [0.2, 0.25) is 0 Å². The zero-order valence-electron chi connectivity index (χ0n) is 17.7. The molecule has 0 aliphatic heterocycles. The van der Waals surface area contributed by atoms with Crippen LogP contribution in [-0.4, -0.2) is 33.0 Å². The number of hydrogen-bond donors (Lipinski definition) is 1. The van der Waals surface area contributed by atoms with Crippen LogP contribution in [-0.2, 0) is 17.9 Å². The van der Waals surface area contributed by atoms with Crippen molar-refractivity contribution in [1.82, 2.24) is 14.8 Å². The molecule has 1 amide bonds. The Morgan fingerprint density at radius 1 is 1.10 bits per heavy atom. The van der Waals surface area contributed by atoms with Gasteiger partial charge in [0.15, 0.2) is 22.5 Å². The average molecular weight is 552 g/mol. The monoisotopic (exact) mass is 552 g/mol. The Morgan fingerprint density at radius 2 is 1.87 bits per heavy atom. The summed E-state index contributed by atoms with van der Waals surface area (Å²) in [6.45, 7) is 7.48. The summed E-state index contributed by atoms with van der Waals surface area (Å²) in [5, 5.41) is 12.1. The molecule has 3 aromatic rings. The van der Waals surface area contributed by atoms with Gasteiger partial charge in [-0.1, -0.05) is 17.8 Å². The second-order valence-corrected chi connectivity index (χ2v) is 8.85. The number of nitrogens with one attached hydrogen (secondary N) is 1. The summed E-state index contributed by atoms with van der Waals surface area (Å²) in [4.78, 5) is 12.3. The van der Waals surface area contributed by atoms with Gasteiger partial charge in [0.05, 0.1) is 12.4 Å². The third kappa shape index (κ3) is 6.60. The molecule has 0 radical (unpaired) electrons. The van der Waals surface area contributed by atoms with Crippen LogP contribution in [0.15, 0.2) is 47.6 Å². The molecule has 0 bridgehead atoms. The number of benzene rings is 2. The Labute approximate surface area is 200 Å². The van der Waals surface area contributed by atoms with Crippen LogP contribution in [0.25, 0.3) is 0 Å². The standard InChI is InChI=1S/C22H25IN4O3S/c1-4-27-20(13-30-18-11-6-15(3)12-19(18)29-5-2)25-26-22(27)31-14-21(28)24-17-9-7-16(23)8-10-17/h6-12H,4-5,13-14H2,1-3H3,(H,24,28). The smallest absolute Gasteiger partial charge is 0.234 e. The molecule has 9 heteroatoms. The summed E-state index contributed by atoms with van der Waals surface area (Å²) in [5.74, 6) is 2.25. The maximum Gasteiger partial charge on any atom is 0.234 e. The van der Waals surface area contributed by atoms with E-state index in [1.54, 1.807) is 0 Å². The minimum absolute atomic E-state index is 0.0873. The van der Waals surface area contributed by atoms with E-state index in [0.717, 1.165) is 14.8 Å². The van der Waals surface area contributed by atoms with Crippen molar-refractivity contribution in [3.8, 4) is 11.5 Å². The van der Waals surface area contributed by atoms with Crippen molar-refractivity contribution >= 4 is 45.9 Å². The lowest BCUT2D eigenvalue weighted by Crippen LogP contribution is -2.15. The molecule has 0 fully saturated rings. The van der Waals surface area contributed by atoms with Crippen LogP contribution in [0, 0.1) is 10.5 Å². The van der Waals surface area contributed by atoms with Crippen LogP contribution in [0.1, 0.15) is 25.2 Å². The van der Waals surface area contributed by atoms with Gasteiger partial charge in [-0.2, -0.15) is 0 Å². The summed E-state index contributed by atoms with van der Waals surface area (Å²) in [7, 11) is 0. The Balaban J connectivity index is 1.60. The largest absolute Gasteiger partial charge is 0.490 e. The molecule has 0 spiro atoms. The second-order valence-electron chi connectivity index (χ2n) is 6.66. The SMILES string of the molecule is CCOc1cc(C)ccc1OCc1nnc(SCC(=O)Nc2ccc(I)cc2)n1CC. The molecule has 164 valence electrons. The molecular weight excluding hydrogens is 527 g/mol. The van der Waals surface area contributed by atoms with Crippen molar-refractivity contribution in [2.24, 2.45) is 0 Å². The number of halogens is 1.